The number of hydrogen-bond donors (Lipinski definition) is 2. The van der Waals surface area contributed by atoms with Crippen molar-refractivity contribution in [3.05, 3.63) is 5.89 Å². The molecule has 0 saturated heterocycles. The van der Waals surface area contributed by atoms with Crippen molar-refractivity contribution in [3.8, 4) is 0 Å². The van der Waals surface area contributed by atoms with E-state index in [1.54, 1.807) is 0 Å². The molecule has 96 valence electrons. The topological polar surface area (TPSA) is 63.0 Å². The molecule has 0 aliphatic heterocycles. The third kappa shape index (κ3) is 3.70. The predicted molar refractivity (Wildman–Crippen MR) is 66.7 cm³/mol. The molecule has 5 heteroatoms. The second-order valence-corrected chi connectivity index (χ2v) is 5.07. The lowest BCUT2D eigenvalue weighted by Crippen LogP contribution is -2.21. The Hall–Kier alpha value is -1.10. The fourth-order valence-corrected chi connectivity index (χ4v) is 1.95. The summed E-state index contributed by atoms with van der Waals surface area (Å²) in [5.74, 6) is 1.44. The standard InChI is InChI=1S/C12H22N4O/c1-4-5-9-6-10(9)14-12-16-15-11(17-12)7-13-8(2)3/h8-10,13H,4-7H2,1-3H3,(H,14,16). The lowest BCUT2D eigenvalue weighted by molar-refractivity contribution is 0.457. The Bertz CT molecular complexity index is 350. The molecular weight excluding hydrogens is 216 g/mol. The molecule has 1 saturated carbocycles. The molecule has 0 spiro atoms. The second kappa shape index (κ2) is 5.49. The zero-order chi connectivity index (χ0) is 12.3. The van der Waals surface area contributed by atoms with Crippen molar-refractivity contribution in [2.45, 2.75) is 58.7 Å². The molecule has 0 aromatic carbocycles. The molecule has 5 nitrogen and oxygen atoms in total. The van der Waals surface area contributed by atoms with Crippen LogP contribution in [-0.4, -0.2) is 22.3 Å². The van der Waals surface area contributed by atoms with Crippen LogP contribution in [-0.2, 0) is 6.54 Å². The van der Waals surface area contributed by atoms with Crippen molar-refractivity contribution >= 4 is 6.01 Å². The molecule has 2 N–H and O–H groups in total. The Balaban J connectivity index is 1.75. The van der Waals surface area contributed by atoms with Crippen molar-refractivity contribution < 1.29 is 4.42 Å². The Morgan fingerprint density at radius 2 is 2.24 bits per heavy atom. The average molecular weight is 238 g/mol. The Morgan fingerprint density at radius 1 is 1.41 bits per heavy atom. The molecular formula is C12H22N4O. The first-order valence-electron chi connectivity index (χ1n) is 6.51. The molecule has 2 atom stereocenters. The summed E-state index contributed by atoms with van der Waals surface area (Å²) in [5, 5.41) is 14.5. The zero-order valence-corrected chi connectivity index (χ0v) is 10.9. The monoisotopic (exact) mass is 238 g/mol. The normalized spacial score (nSPS) is 23.1. The lowest BCUT2D eigenvalue weighted by atomic mass is 10.2. The summed E-state index contributed by atoms with van der Waals surface area (Å²) < 4.78 is 5.52. The highest BCUT2D eigenvalue weighted by atomic mass is 16.4. The number of nitrogens with zero attached hydrogens (tertiary/aromatic N) is 2. The molecule has 1 aromatic rings. The van der Waals surface area contributed by atoms with Gasteiger partial charge in [-0.15, -0.1) is 5.10 Å². The maximum atomic E-state index is 5.52. The molecule has 1 aromatic heterocycles. The molecule has 1 fully saturated rings. The smallest absolute Gasteiger partial charge is 0.315 e. The number of anilines is 1. The van der Waals surface area contributed by atoms with Crippen molar-refractivity contribution in [1.82, 2.24) is 15.5 Å². The van der Waals surface area contributed by atoms with E-state index in [0.717, 1.165) is 5.92 Å². The third-order valence-corrected chi connectivity index (χ3v) is 3.02. The summed E-state index contributed by atoms with van der Waals surface area (Å²) in [4.78, 5) is 0. The fraction of sp³-hybridized carbons (Fsp3) is 0.833. The van der Waals surface area contributed by atoms with Crippen LogP contribution >= 0.6 is 0 Å². The molecule has 2 rings (SSSR count). The number of rotatable bonds is 7. The molecule has 1 aliphatic carbocycles. The van der Waals surface area contributed by atoms with Gasteiger partial charge < -0.3 is 15.1 Å². The van der Waals surface area contributed by atoms with Gasteiger partial charge >= 0.3 is 6.01 Å². The van der Waals surface area contributed by atoms with Gasteiger partial charge in [0.05, 0.1) is 6.54 Å². The first kappa shape index (κ1) is 12.4. The molecule has 0 radical (unpaired) electrons. The summed E-state index contributed by atoms with van der Waals surface area (Å²) in [6, 6.07) is 1.53. The van der Waals surface area contributed by atoms with Crippen molar-refractivity contribution in [2.75, 3.05) is 5.32 Å². The van der Waals surface area contributed by atoms with Crippen molar-refractivity contribution in [2.24, 2.45) is 5.92 Å². The summed E-state index contributed by atoms with van der Waals surface area (Å²) in [7, 11) is 0. The van der Waals surface area contributed by atoms with Crippen LogP contribution < -0.4 is 10.6 Å². The number of hydrogen-bond acceptors (Lipinski definition) is 5. The first-order chi connectivity index (χ1) is 8.19. The van der Waals surface area contributed by atoms with Gasteiger partial charge in [-0.05, 0) is 18.8 Å². The van der Waals surface area contributed by atoms with E-state index in [1.807, 2.05) is 0 Å². The predicted octanol–water partition coefficient (Wildman–Crippen LogP) is 2.17. The van der Waals surface area contributed by atoms with Gasteiger partial charge in [0.2, 0.25) is 5.89 Å². The van der Waals surface area contributed by atoms with Gasteiger partial charge in [-0.2, -0.15) is 0 Å². The Kier molecular flexibility index (Phi) is 3.99. The van der Waals surface area contributed by atoms with Gasteiger partial charge in [0.1, 0.15) is 0 Å². The van der Waals surface area contributed by atoms with E-state index in [0.29, 0.717) is 30.5 Å². The Labute approximate surface area is 102 Å². The summed E-state index contributed by atoms with van der Waals surface area (Å²) in [5.41, 5.74) is 0. The minimum absolute atomic E-state index is 0.427. The Morgan fingerprint density at radius 3 is 2.94 bits per heavy atom. The minimum Gasteiger partial charge on any atom is -0.407 e. The number of nitrogens with one attached hydrogen (secondary N) is 2. The van der Waals surface area contributed by atoms with E-state index in [9.17, 15) is 0 Å². The van der Waals surface area contributed by atoms with Crippen molar-refractivity contribution in [3.63, 3.8) is 0 Å². The molecule has 1 heterocycles. The van der Waals surface area contributed by atoms with Gasteiger partial charge in [-0.3, -0.25) is 0 Å². The van der Waals surface area contributed by atoms with E-state index in [4.69, 9.17) is 4.42 Å². The molecule has 2 unspecified atom stereocenters. The average Bonchev–Trinajstić information content (AvgIpc) is 2.84. The summed E-state index contributed by atoms with van der Waals surface area (Å²) in [6.07, 6.45) is 3.76. The number of aromatic nitrogens is 2. The quantitative estimate of drug-likeness (QED) is 0.762. The third-order valence-electron chi connectivity index (χ3n) is 3.02. The van der Waals surface area contributed by atoms with Gasteiger partial charge in [-0.1, -0.05) is 32.3 Å². The van der Waals surface area contributed by atoms with Crippen LogP contribution in [0.2, 0.25) is 0 Å². The van der Waals surface area contributed by atoms with Crippen LogP contribution in [0.1, 0.15) is 45.9 Å². The summed E-state index contributed by atoms with van der Waals surface area (Å²) in [6.45, 7) is 7.04. The van der Waals surface area contributed by atoms with Gasteiger partial charge in [0, 0.05) is 12.1 Å². The van der Waals surface area contributed by atoms with E-state index >= 15 is 0 Å². The first-order valence-corrected chi connectivity index (χ1v) is 6.51. The highest BCUT2D eigenvalue weighted by Gasteiger charge is 2.36. The van der Waals surface area contributed by atoms with Crippen LogP contribution in [0.5, 0.6) is 0 Å². The van der Waals surface area contributed by atoms with Crippen LogP contribution in [0.25, 0.3) is 0 Å². The van der Waals surface area contributed by atoms with E-state index < -0.39 is 0 Å². The SMILES string of the molecule is CCCC1CC1Nc1nnc(CNC(C)C)o1. The minimum atomic E-state index is 0.427. The largest absolute Gasteiger partial charge is 0.407 e. The fourth-order valence-electron chi connectivity index (χ4n) is 1.95. The van der Waals surface area contributed by atoms with Crippen LogP contribution in [0.3, 0.4) is 0 Å². The van der Waals surface area contributed by atoms with E-state index in [-0.39, 0.29) is 0 Å². The molecule has 1 aliphatic rings. The van der Waals surface area contributed by atoms with E-state index in [1.165, 1.54) is 19.3 Å². The van der Waals surface area contributed by atoms with Gasteiger partial charge in [0.25, 0.3) is 0 Å². The maximum absolute atomic E-state index is 5.52. The molecule has 17 heavy (non-hydrogen) atoms. The molecule has 0 bridgehead atoms. The van der Waals surface area contributed by atoms with Gasteiger partial charge in [0.15, 0.2) is 0 Å². The van der Waals surface area contributed by atoms with Crippen LogP contribution in [0, 0.1) is 5.92 Å². The van der Waals surface area contributed by atoms with Crippen molar-refractivity contribution in [1.29, 1.82) is 0 Å². The van der Waals surface area contributed by atoms with Crippen LogP contribution in [0.15, 0.2) is 4.42 Å². The zero-order valence-electron chi connectivity index (χ0n) is 10.9. The maximum Gasteiger partial charge on any atom is 0.315 e. The molecule has 0 amide bonds. The highest BCUT2D eigenvalue weighted by Crippen LogP contribution is 2.36. The van der Waals surface area contributed by atoms with Crippen LogP contribution in [0.4, 0.5) is 6.01 Å². The van der Waals surface area contributed by atoms with E-state index in [2.05, 4.69) is 41.6 Å². The van der Waals surface area contributed by atoms with Gasteiger partial charge in [-0.25, -0.2) is 0 Å². The highest BCUT2D eigenvalue weighted by molar-refractivity contribution is 5.24. The second-order valence-electron chi connectivity index (χ2n) is 5.07. The lowest BCUT2D eigenvalue weighted by Gasteiger charge is -2.03. The summed E-state index contributed by atoms with van der Waals surface area (Å²) >= 11 is 0.